The Morgan fingerprint density at radius 3 is 3.00 bits per heavy atom. The van der Waals surface area contributed by atoms with Crippen LogP contribution >= 0.6 is 0 Å². The lowest BCUT2D eigenvalue weighted by Crippen LogP contribution is -2.23. The molecule has 2 heteroatoms. The van der Waals surface area contributed by atoms with Crippen molar-refractivity contribution < 1.29 is 4.74 Å². The molecule has 3 unspecified atom stereocenters. The van der Waals surface area contributed by atoms with Crippen LogP contribution in [0, 0.1) is 18.8 Å². The Morgan fingerprint density at radius 2 is 2.22 bits per heavy atom. The molecule has 3 rings (SSSR count). The van der Waals surface area contributed by atoms with Gasteiger partial charge in [-0.3, -0.25) is 0 Å². The van der Waals surface area contributed by atoms with Crippen LogP contribution in [-0.2, 0) is 0 Å². The first-order valence-corrected chi connectivity index (χ1v) is 7.21. The Balaban J connectivity index is 1.76. The topological polar surface area (TPSA) is 21.3 Å². The predicted octanol–water partition coefficient (Wildman–Crippen LogP) is 3.45. The van der Waals surface area contributed by atoms with Crippen molar-refractivity contribution in [3.05, 3.63) is 29.3 Å². The van der Waals surface area contributed by atoms with E-state index in [0.29, 0.717) is 6.04 Å². The van der Waals surface area contributed by atoms with Gasteiger partial charge in [-0.05, 0) is 50.1 Å². The lowest BCUT2D eigenvalue weighted by atomic mass is 9.99. The number of aryl methyl sites for hydroxylation is 1. The zero-order chi connectivity index (χ0) is 12.5. The molecule has 18 heavy (non-hydrogen) atoms. The Morgan fingerprint density at radius 1 is 1.39 bits per heavy atom. The molecule has 1 fully saturated rings. The molecule has 0 spiro atoms. The number of para-hydroxylation sites is 1. The van der Waals surface area contributed by atoms with E-state index in [1.54, 1.807) is 0 Å². The van der Waals surface area contributed by atoms with E-state index in [4.69, 9.17) is 4.74 Å². The third kappa shape index (κ3) is 2.39. The SMILES string of the molecule is Cc1cccc2c1OCCCC2NCC1CC1C. The first kappa shape index (κ1) is 12.0. The summed E-state index contributed by atoms with van der Waals surface area (Å²) in [6, 6.07) is 7.00. The van der Waals surface area contributed by atoms with Crippen molar-refractivity contribution in [1.29, 1.82) is 0 Å². The van der Waals surface area contributed by atoms with Crippen molar-refractivity contribution in [2.45, 2.75) is 39.2 Å². The molecule has 0 bridgehead atoms. The van der Waals surface area contributed by atoms with Gasteiger partial charge in [-0.2, -0.15) is 0 Å². The molecular formula is C16H23NO. The van der Waals surface area contributed by atoms with Gasteiger partial charge in [-0.25, -0.2) is 0 Å². The maximum atomic E-state index is 5.91. The van der Waals surface area contributed by atoms with Crippen LogP contribution in [-0.4, -0.2) is 13.2 Å². The molecule has 0 saturated heterocycles. The summed E-state index contributed by atoms with van der Waals surface area (Å²) in [5.74, 6) is 2.95. The van der Waals surface area contributed by atoms with E-state index < -0.39 is 0 Å². The average molecular weight is 245 g/mol. The van der Waals surface area contributed by atoms with Crippen molar-refractivity contribution >= 4 is 0 Å². The van der Waals surface area contributed by atoms with Gasteiger partial charge in [-0.1, -0.05) is 25.1 Å². The smallest absolute Gasteiger partial charge is 0.126 e. The van der Waals surface area contributed by atoms with Crippen molar-refractivity contribution in [3.8, 4) is 5.75 Å². The Labute approximate surface area is 110 Å². The van der Waals surface area contributed by atoms with Gasteiger partial charge in [-0.15, -0.1) is 0 Å². The molecule has 1 aliphatic heterocycles. The summed E-state index contributed by atoms with van der Waals surface area (Å²) in [5.41, 5.74) is 2.63. The molecule has 0 aromatic heterocycles. The summed E-state index contributed by atoms with van der Waals surface area (Å²) in [7, 11) is 0. The summed E-state index contributed by atoms with van der Waals surface area (Å²) >= 11 is 0. The highest BCUT2D eigenvalue weighted by atomic mass is 16.5. The fraction of sp³-hybridized carbons (Fsp3) is 0.625. The lowest BCUT2D eigenvalue weighted by molar-refractivity contribution is 0.313. The molecule has 1 aromatic rings. The number of rotatable bonds is 3. The van der Waals surface area contributed by atoms with E-state index in [9.17, 15) is 0 Å². The van der Waals surface area contributed by atoms with Gasteiger partial charge in [0.1, 0.15) is 5.75 Å². The Kier molecular flexibility index (Phi) is 3.29. The standard InChI is InChI=1S/C16H23NO/c1-11-5-3-6-14-15(7-4-8-18-16(11)14)17-10-13-9-12(13)2/h3,5-6,12-13,15,17H,4,7-10H2,1-2H3. The molecule has 2 nitrogen and oxygen atoms in total. The highest BCUT2D eigenvalue weighted by molar-refractivity contribution is 5.43. The van der Waals surface area contributed by atoms with Crippen molar-refractivity contribution in [2.24, 2.45) is 11.8 Å². The lowest BCUT2D eigenvalue weighted by Gasteiger charge is -2.19. The zero-order valence-electron chi connectivity index (χ0n) is 11.4. The number of fused-ring (bicyclic) bond motifs is 1. The van der Waals surface area contributed by atoms with E-state index in [0.717, 1.165) is 30.6 Å². The first-order chi connectivity index (χ1) is 8.75. The molecule has 1 saturated carbocycles. The number of benzene rings is 1. The van der Waals surface area contributed by atoms with E-state index >= 15 is 0 Å². The summed E-state index contributed by atoms with van der Waals surface area (Å²) in [4.78, 5) is 0. The molecule has 0 amide bonds. The van der Waals surface area contributed by atoms with Crippen LogP contribution in [0.3, 0.4) is 0 Å². The molecule has 98 valence electrons. The fourth-order valence-electron chi connectivity index (χ4n) is 2.95. The Bertz CT molecular complexity index is 429. The minimum absolute atomic E-state index is 0.482. The summed E-state index contributed by atoms with van der Waals surface area (Å²) in [6.45, 7) is 6.51. The van der Waals surface area contributed by atoms with Crippen molar-refractivity contribution in [1.82, 2.24) is 5.32 Å². The normalized spacial score (nSPS) is 30.2. The largest absolute Gasteiger partial charge is 0.493 e. The molecule has 1 N–H and O–H groups in total. The molecule has 3 atom stereocenters. The van der Waals surface area contributed by atoms with Crippen LogP contribution in [0.25, 0.3) is 0 Å². The zero-order valence-corrected chi connectivity index (χ0v) is 11.4. The van der Waals surface area contributed by atoms with Gasteiger partial charge in [0.15, 0.2) is 0 Å². The van der Waals surface area contributed by atoms with Gasteiger partial charge in [0.25, 0.3) is 0 Å². The van der Waals surface area contributed by atoms with Crippen molar-refractivity contribution in [2.75, 3.05) is 13.2 Å². The monoisotopic (exact) mass is 245 g/mol. The van der Waals surface area contributed by atoms with Crippen molar-refractivity contribution in [3.63, 3.8) is 0 Å². The first-order valence-electron chi connectivity index (χ1n) is 7.21. The van der Waals surface area contributed by atoms with Crippen LogP contribution in [0.4, 0.5) is 0 Å². The van der Waals surface area contributed by atoms with E-state index in [2.05, 4.69) is 37.4 Å². The third-order valence-corrected chi connectivity index (χ3v) is 4.40. The van der Waals surface area contributed by atoms with Gasteiger partial charge in [0, 0.05) is 11.6 Å². The van der Waals surface area contributed by atoms with Gasteiger partial charge in [0.2, 0.25) is 0 Å². The summed E-state index contributed by atoms with van der Waals surface area (Å²) < 4.78 is 5.91. The fourth-order valence-corrected chi connectivity index (χ4v) is 2.95. The number of hydrogen-bond donors (Lipinski definition) is 1. The molecule has 1 aromatic carbocycles. The highest BCUT2D eigenvalue weighted by Crippen LogP contribution is 2.39. The minimum Gasteiger partial charge on any atom is -0.493 e. The molecule has 2 aliphatic rings. The van der Waals surface area contributed by atoms with E-state index in [1.807, 2.05) is 0 Å². The Hall–Kier alpha value is -1.02. The van der Waals surface area contributed by atoms with E-state index in [-0.39, 0.29) is 0 Å². The van der Waals surface area contributed by atoms with Crippen LogP contribution in [0.1, 0.15) is 43.4 Å². The maximum Gasteiger partial charge on any atom is 0.126 e. The minimum atomic E-state index is 0.482. The molecule has 1 heterocycles. The second-order valence-corrected chi connectivity index (χ2v) is 5.92. The number of ether oxygens (including phenoxy) is 1. The number of hydrogen-bond acceptors (Lipinski definition) is 2. The molecule has 1 aliphatic carbocycles. The van der Waals surface area contributed by atoms with Crippen LogP contribution in [0.15, 0.2) is 18.2 Å². The molecular weight excluding hydrogens is 222 g/mol. The van der Waals surface area contributed by atoms with Gasteiger partial charge >= 0.3 is 0 Å². The van der Waals surface area contributed by atoms with Crippen LogP contribution < -0.4 is 10.1 Å². The number of nitrogens with one attached hydrogen (secondary N) is 1. The molecule has 0 radical (unpaired) electrons. The van der Waals surface area contributed by atoms with Crippen LogP contribution in [0.5, 0.6) is 5.75 Å². The summed E-state index contributed by atoms with van der Waals surface area (Å²) in [6.07, 6.45) is 3.74. The average Bonchev–Trinajstić information content (AvgIpc) is 3.09. The summed E-state index contributed by atoms with van der Waals surface area (Å²) in [5, 5.41) is 3.76. The van der Waals surface area contributed by atoms with Gasteiger partial charge < -0.3 is 10.1 Å². The highest BCUT2D eigenvalue weighted by Gasteiger charge is 2.33. The predicted molar refractivity (Wildman–Crippen MR) is 73.9 cm³/mol. The maximum absolute atomic E-state index is 5.91. The van der Waals surface area contributed by atoms with E-state index in [1.165, 1.54) is 30.5 Å². The van der Waals surface area contributed by atoms with Crippen LogP contribution in [0.2, 0.25) is 0 Å². The second kappa shape index (κ2) is 4.93. The second-order valence-electron chi connectivity index (χ2n) is 5.92. The van der Waals surface area contributed by atoms with Gasteiger partial charge in [0.05, 0.1) is 6.61 Å². The third-order valence-electron chi connectivity index (χ3n) is 4.40. The quantitative estimate of drug-likeness (QED) is 0.880.